The van der Waals surface area contributed by atoms with E-state index in [9.17, 15) is 0 Å². The maximum absolute atomic E-state index is 5.78. The van der Waals surface area contributed by atoms with Gasteiger partial charge < -0.3 is 4.74 Å². The van der Waals surface area contributed by atoms with E-state index in [1.807, 2.05) is 0 Å². The highest BCUT2D eigenvalue weighted by atomic mass is 32.1. The molecule has 1 aliphatic heterocycles. The average Bonchev–Trinajstić information content (AvgIpc) is 2.89. The molecule has 3 N–H and O–H groups in total. The molecule has 1 unspecified atom stereocenters. The van der Waals surface area contributed by atoms with Gasteiger partial charge in [-0.05, 0) is 25.3 Å². The van der Waals surface area contributed by atoms with Crippen LogP contribution in [0.4, 0.5) is 0 Å². The lowest BCUT2D eigenvalue weighted by Crippen LogP contribution is -2.62. The van der Waals surface area contributed by atoms with Crippen LogP contribution in [0.15, 0.2) is 17.5 Å². The van der Waals surface area contributed by atoms with Gasteiger partial charge in [0.25, 0.3) is 0 Å². The molecule has 1 aromatic rings. The second-order valence-electron chi connectivity index (χ2n) is 5.26. The Morgan fingerprint density at radius 2 is 2.22 bits per heavy atom. The van der Waals surface area contributed by atoms with Crippen molar-refractivity contribution >= 4 is 11.3 Å². The molecule has 0 saturated carbocycles. The third-order valence-corrected chi connectivity index (χ3v) is 4.76. The Hall–Kier alpha value is -0.460. The molecule has 1 fully saturated rings. The van der Waals surface area contributed by atoms with Crippen LogP contribution in [-0.4, -0.2) is 42.8 Å². The van der Waals surface area contributed by atoms with Crippen LogP contribution in [-0.2, 0) is 11.2 Å². The molecule has 0 amide bonds. The SMILES string of the molecule is CC(C)(C(Cc1cccs1)NN)N1CCOCC1. The van der Waals surface area contributed by atoms with Crippen molar-refractivity contribution in [3.05, 3.63) is 22.4 Å². The zero-order chi connectivity index (χ0) is 13.0. The molecule has 1 aliphatic rings. The van der Waals surface area contributed by atoms with Crippen LogP contribution in [0.5, 0.6) is 0 Å². The van der Waals surface area contributed by atoms with E-state index < -0.39 is 0 Å². The molecule has 1 aromatic heterocycles. The standard InChI is InChI=1S/C13H23N3OS/c1-13(2,16-5-7-17-8-6-16)12(15-14)10-11-4-3-9-18-11/h3-4,9,12,15H,5-8,10,14H2,1-2H3. The highest BCUT2D eigenvalue weighted by Crippen LogP contribution is 2.24. The van der Waals surface area contributed by atoms with E-state index in [1.165, 1.54) is 4.88 Å². The minimum Gasteiger partial charge on any atom is -0.379 e. The van der Waals surface area contributed by atoms with Crippen molar-refractivity contribution < 1.29 is 4.74 Å². The Labute approximate surface area is 113 Å². The fourth-order valence-corrected chi connectivity index (χ4v) is 3.25. The fraction of sp³-hybridized carbons (Fsp3) is 0.692. The van der Waals surface area contributed by atoms with Crippen molar-refractivity contribution in [2.45, 2.75) is 31.8 Å². The molecular weight excluding hydrogens is 246 g/mol. The number of hydrogen-bond donors (Lipinski definition) is 2. The third-order valence-electron chi connectivity index (χ3n) is 3.87. The molecule has 0 bridgehead atoms. The summed E-state index contributed by atoms with van der Waals surface area (Å²) in [6, 6.07) is 4.51. The second kappa shape index (κ2) is 6.12. The van der Waals surface area contributed by atoms with E-state index in [2.05, 4.69) is 41.7 Å². The number of thiophene rings is 1. The van der Waals surface area contributed by atoms with Crippen molar-refractivity contribution in [3.63, 3.8) is 0 Å². The second-order valence-corrected chi connectivity index (χ2v) is 6.29. The smallest absolute Gasteiger partial charge is 0.0594 e. The normalized spacial score (nSPS) is 19.9. The van der Waals surface area contributed by atoms with Gasteiger partial charge in [0.15, 0.2) is 0 Å². The molecule has 2 heterocycles. The summed E-state index contributed by atoms with van der Waals surface area (Å²) in [5, 5.41) is 2.12. The summed E-state index contributed by atoms with van der Waals surface area (Å²) in [7, 11) is 0. The minimum atomic E-state index is 0.0303. The number of ether oxygens (including phenoxy) is 1. The molecule has 0 aliphatic carbocycles. The Balaban J connectivity index is 2.04. The largest absolute Gasteiger partial charge is 0.379 e. The highest BCUT2D eigenvalue weighted by Gasteiger charge is 2.35. The summed E-state index contributed by atoms with van der Waals surface area (Å²) >= 11 is 1.79. The van der Waals surface area contributed by atoms with Crippen LogP contribution < -0.4 is 11.3 Å². The van der Waals surface area contributed by atoms with Crippen molar-refractivity contribution in [1.29, 1.82) is 0 Å². The summed E-state index contributed by atoms with van der Waals surface area (Å²) in [6.07, 6.45) is 0.971. The molecule has 18 heavy (non-hydrogen) atoms. The quantitative estimate of drug-likeness (QED) is 0.624. The van der Waals surface area contributed by atoms with Gasteiger partial charge in [-0.25, -0.2) is 0 Å². The van der Waals surface area contributed by atoms with Crippen LogP contribution in [0.1, 0.15) is 18.7 Å². The van der Waals surface area contributed by atoms with Gasteiger partial charge >= 0.3 is 0 Å². The number of morpholine rings is 1. The first-order chi connectivity index (χ1) is 8.64. The maximum Gasteiger partial charge on any atom is 0.0594 e. The van der Waals surface area contributed by atoms with Crippen LogP contribution >= 0.6 is 11.3 Å². The maximum atomic E-state index is 5.78. The predicted octanol–water partition coefficient (Wildman–Crippen LogP) is 1.23. The summed E-state index contributed by atoms with van der Waals surface area (Å²) < 4.78 is 5.42. The Kier molecular flexibility index (Phi) is 4.75. The van der Waals surface area contributed by atoms with Gasteiger partial charge in [0.05, 0.1) is 13.2 Å². The average molecular weight is 269 g/mol. The van der Waals surface area contributed by atoms with E-state index in [1.54, 1.807) is 11.3 Å². The number of hydrazine groups is 1. The summed E-state index contributed by atoms with van der Waals surface area (Å²) in [5.74, 6) is 5.78. The highest BCUT2D eigenvalue weighted by molar-refractivity contribution is 7.09. The van der Waals surface area contributed by atoms with Gasteiger partial charge in [-0.15, -0.1) is 11.3 Å². The van der Waals surface area contributed by atoms with E-state index in [-0.39, 0.29) is 11.6 Å². The molecule has 4 nitrogen and oxygen atoms in total. The van der Waals surface area contributed by atoms with E-state index in [4.69, 9.17) is 10.6 Å². The van der Waals surface area contributed by atoms with Gasteiger partial charge in [-0.1, -0.05) is 6.07 Å². The molecule has 102 valence electrons. The Morgan fingerprint density at radius 3 is 2.78 bits per heavy atom. The number of nitrogens with zero attached hydrogens (tertiary/aromatic N) is 1. The molecule has 5 heteroatoms. The predicted molar refractivity (Wildman–Crippen MR) is 75.6 cm³/mol. The Bertz CT molecular complexity index is 347. The molecule has 1 saturated heterocycles. The van der Waals surface area contributed by atoms with Crippen molar-refractivity contribution in [2.24, 2.45) is 5.84 Å². The zero-order valence-electron chi connectivity index (χ0n) is 11.2. The van der Waals surface area contributed by atoms with Crippen molar-refractivity contribution in [1.82, 2.24) is 10.3 Å². The van der Waals surface area contributed by atoms with Crippen LogP contribution in [0.25, 0.3) is 0 Å². The van der Waals surface area contributed by atoms with E-state index in [0.717, 1.165) is 32.7 Å². The van der Waals surface area contributed by atoms with Crippen LogP contribution in [0.3, 0.4) is 0 Å². The first-order valence-electron chi connectivity index (χ1n) is 6.46. The van der Waals surface area contributed by atoms with Gasteiger partial charge in [-0.3, -0.25) is 16.2 Å². The molecule has 0 spiro atoms. The van der Waals surface area contributed by atoms with Crippen molar-refractivity contribution in [2.75, 3.05) is 26.3 Å². The monoisotopic (exact) mass is 269 g/mol. The molecule has 0 aromatic carbocycles. The first-order valence-corrected chi connectivity index (χ1v) is 7.34. The summed E-state index contributed by atoms with van der Waals surface area (Å²) in [4.78, 5) is 3.84. The lowest BCUT2D eigenvalue weighted by Gasteiger charge is -2.45. The molecule has 2 rings (SSSR count). The van der Waals surface area contributed by atoms with Gasteiger partial charge in [0.2, 0.25) is 0 Å². The van der Waals surface area contributed by atoms with E-state index in [0.29, 0.717) is 0 Å². The zero-order valence-corrected chi connectivity index (χ0v) is 12.0. The molecular formula is C13H23N3OS. The minimum absolute atomic E-state index is 0.0303. The fourth-order valence-electron chi connectivity index (χ4n) is 2.50. The number of rotatable bonds is 5. The number of nitrogens with two attached hydrogens (primary N) is 1. The first kappa shape index (κ1) is 14.0. The van der Waals surface area contributed by atoms with E-state index >= 15 is 0 Å². The topological polar surface area (TPSA) is 50.5 Å². The number of nitrogens with one attached hydrogen (secondary N) is 1. The summed E-state index contributed by atoms with van der Waals surface area (Å²) in [6.45, 7) is 8.12. The van der Waals surface area contributed by atoms with Gasteiger partial charge in [0.1, 0.15) is 0 Å². The van der Waals surface area contributed by atoms with Crippen LogP contribution in [0, 0.1) is 0 Å². The van der Waals surface area contributed by atoms with Crippen LogP contribution in [0.2, 0.25) is 0 Å². The number of hydrogen-bond acceptors (Lipinski definition) is 5. The molecule has 0 radical (unpaired) electrons. The lowest BCUT2D eigenvalue weighted by molar-refractivity contribution is -0.0232. The van der Waals surface area contributed by atoms with Gasteiger partial charge in [-0.2, -0.15) is 0 Å². The lowest BCUT2D eigenvalue weighted by atomic mass is 9.89. The van der Waals surface area contributed by atoms with Crippen molar-refractivity contribution in [3.8, 4) is 0 Å². The summed E-state index contributed by atoms with van der Waals surface area (Å²) in [5.41, 5.74) is 3.03. The molecule has 1 atom stereocenters. The van der Waals surface area contributed by atoms with Gasteiger partial charge in [0, 0.05) is 36.0 Å². The third kappa shape index (κ3) is 3.10. The Morgan fingerprint density at radius 1 is 1.50 bits per heavy atom.